The van der Waals surface area contributed by atoms with Gasteiger partial charge in [0.25, 0.3) is 0 Å². The van der Waals surface area contributed by atoms with E-state index in [-0.39, 0.29) is 29.5 Å². The van der Waals surface area contributed by atoms with Crippen molar-refractivity contribution in [2.24, 2.45) is 5.73 Å². The Labute approximate surface area is 122 Å². The van der Waals surface area contributed by atoms with Crippen LogP contribution in [0.25, 0.3) is 0 Å². The molecule has 0 saturated carbocycles. The maximum atomic E-state index is 13.6. The smallest absolute Gasteiger partial charge is 0.237 e. The molecule has 0 unspecified atom stereocenters. The molecule has 0 heterocycles. The molecule has 0 bridgehead atoms. The molecule has 1 aromatic rings. The fourth-order valence-electron chi connectivity index (χ4n) is 1.79. The van der Waals surface area contributed by atoms with Crippen LogP contribution in [0.15, 0.2) is 18.2 Å². The van der Waals surface area contributed by atoms with Crippen LogP contribution in [-0.2, 0) is 16.0 Å². The maximum Gasteiger partial charge on any atom is 0.237 e. The van der Waals surface area contributed by atoms with Crippen LogP contribution >= 0.6 is 11.6 Å². The highest BCUT2D eigenvalue weighted by Gasteiger charge is 2.18. The van der Waals surface area contributed by atoms with E-state index in [1.807, 2.05) is 6.92 Å². The molecule has 0 radical (unpaired) electrons. The van der Waals surface area contributed by atoms with E-state index in [1.54, 1.807) is 0 Å². The predicted octanol–water partition coefficient (Wildman–Crippen LogP) is 2.14. The monoisotopic (exact) mass is 300 g/mol. The van der Waals surface area contributed by atoms with Gasteiger partial charge in [-0.2, -0.15) is 0 Å². The van der Waals surface area contributed by atoms with Gasteiger partial charge in [-0.1, -0.05) is 31.0 Å². The van der Waals surface area contributed by atoms with Crippen molar-refractivity contribution in [2.45, 2.75) is 26.2 Å². The summed E-state index contributed by atoms with van der Waals surface area (Å²) in [5.74, 6) is -1.47. The molecular formula is C14H18ClFN2O2. The summed E-state index contributed by atoms with van der Waals surface area (Å²) in [5, 5.41) is 0.202. The predicted molar refractivity (Wildman–Crippen MR) is 75.8 cm³/mol. The Kier molecular flexibility index (Phi) is 6.45. The maximum absolute atomic E-state index is 13.6. The number of hydrogen-bond acceptors (Lipinski definition) is 2. The second-order valence-corrected chi connectivity index (χ2v) is 4.92. The van der Waals surface area contributed by atoms with Crippen LogP contribution in [0.2, 0.25) is 5.02 Å². The number of rotatable bonds is 7. The van der Waals surface area contributed by atoms with Crippen molar-refractivity contribution in [1.29, 1.82) is 0 Å². The van der Waals surface area contributed by atoms with E-state index in [0.29, 0.717) is 6.54 Å². The second kappa shape index (κ2) is 7.85. The molecular weight excluding hydrogens is 283 g/mol. The first-order valence-corrected chi connectivity index (χ1v) is 6.82. The Hall–Kier alpha value is -1.62. The first-order valence-electron chi connectivity index (χ1n) is 6.44. The highest BCUT2D eigenvalue weighted by molar-refractivity contribution is 6.31. The molecule has 6 heteroatoms. The summed E-state index contributed by atoms with van der Waals surface area (Å²) in [6.07, 6.45) is 1.45. The lowest BCUT2D eigenvalue weighted by Gasteiger charge is -2.21. The van der Waals surface area contributed by atoms with Gasteiger partial charge in [-0.15, -0.1) is 0 Å². The van der Waals surface area contributed by atoms with Gasteiger partial charge in [0.05, 0.1) is 13.0 Å². The molecule has 0 aliphatic heterocycles. The van der Waals surface area contributed by atoms with Gasteiger partial charge in [-0.05, 0) is 18.6 Å². The van der Waals surface area contributed by atoms with Crippen LogP contribution in [0.5, 0.6) is 0 Å². The average molecular weight is 301 g/mol. The molecule has 1 rings (SSSR count). The molecule has 0 spiro atoms. The molecule has 20 heavy (non-hydrogen) atoms. The van der Waals surface area contributed by atoms with E-state index < -0.39 is 11.7 Å². The number of amides is 2. The van der Waals surface area contributed by atoms with Gasteiger partial charge < -0.3 is 10.6 Å². The highest BCUT2D eigenvalue weighted by Crippen LogP contribution is 2.20. The Morgan fingerprint density at radius 3 is 2.65 bits per heavy atom. The van der Waals surface area contributed by atoms with Crippen LogP contribution < -0.4 is 5.73 Å². The molecule has 0 aliphatic rings. The molecule has 0 aliphatic carbocycles. The molecule has 0 atom stereocenters. The van der Waals surface area contributed by atoms with Gasteiger partial charge in [0.1, 0.15) is 5.82 Å². The third kappa shape index (κ3) is 4.81. The van der Waals surface area contributed by atoms with E-state index in [0.717, 1.165) is 12.8 Å². The van der Waals surface area contributed by atoms with Crippen molar-refractivity contribution in [3.8, 4) is 0 Å². The summed E-state index contributed by atoms with van der Waals surface area (Å²) in [6, 6.07) is 4.25. The molecule has 2 N–H and O–H groups in total. The van der Waals surface area contributed by atoms with Crippen molar-refractivity contribution in [3.05, 3.63) is 34.6 Å². The van der Waals surface area contributed by atoms with Crippen molar-refractivity contribution >= 4 is 23.4 Å². The minimum Gasteiger partial charge on any atom is -0.368 e. The number of nitrogens with zero attached hydrogens (tertiary/aromatic N) is 1. The summed E-state index contributed by atoms with van der Waals surface area (Å²) in [7, 11) is 0. The molecule has 0 saturated heterocycles. The first-order chi connectivity index (χ1) is 9.45. The van der Waals surface area contributed by atoms with Gasteiger partial charge in [0.2, 0.25) is 11.8 Å². The Bertz CT molecular complexity index is 474. The van der Waals surface area contributed by atoms with Gasteiger partial charge in [-0.3, -0.25) is 9.59 Å². The lowest BCUT2D eigenvalue weighted by molar-refractivity contribution is -0.134. The lowest BCUT2D eigenvalue weighted by atomic mass is 10.1. The fourth-order valence-corrected chi connectivity index (χ4v) is 2.02. The molecule has 110 valence electrons. The van der Waals surface area contributed by atoms with Gasteiger partial charge >= 0.3 is 0 Å². The summed E-state index contributed by atoms with van der Waals surface area (Å²) < 4.78 is 13.6. The largest absolute Gasteiger partial charge is 0.368 e. The van der Waals surface area contributed by atoms with Crippen LogP contribution in [0, 0.1) is 5.82 Å². The van der Waals surface area contributed by atoms with E-state index in [4.69, 9.17) is 17.3 Å². The molecule has 1 aromatic carbocycles. The van der Waals surface area contributed by atoms with Crippen LogP contribution in [0.1, 0.15) is 25.3 Å². The Balaban J connectivity index is 2.81. The average Bonchev–Trinajstić information content (AvgIpc) is 2.38. The zero-order valence-corrected chi connectivity index (χ0v) is 12.1. The minimum atomic E-state index is -0.589. The Morgan fingerprint density at radius 1 is 1.40 bits per heavy atom. The number of unbranched alkanes of at least 4 members (excludes halogenated alkanes) is 1. The lowest BCUT2D eigenvalue weighted by Crippen LogP contribution is -2.40. The van der Waals surface area contributed by atoms with Crippen LogP contribution in [0.4, 0.5) is 4.39 Å². The zero-order valence-electron chi connectivity index (χ0n) is 11.4. The number of carbonyl (C=O) groups excluding carboxylic acids is 2. The van der Waals surface area contributed by atoms with Crippen molar-refractivity contribution in [3.63, 3.8) is 0 Å². The van der Waals surface area contributed by atoms with E-state index in [1.165, 1.54) is 23.1 Å². The van der Waals surface area contributed by atoms with Crippen LogP contribution in [-0.4, -0.2) is 29.8 Å². The van der Waals surface area contributed by atoms with Crippen LogP contribution in [0.3, 0.4) is 0 Å². The topological polar surface area (TPSA) is 63.4 Å². The SMILES string of the molecule is CCCCN(CC(N)=O)C(=O)Cc1c(F)cccc1Cl. The second-order valence-electron chi connectivity index (χ2n) is 4.51. The number of halogens is 2. The number of primary amides is 1. The summed E-state index contributed by atoms with van der Waals surface area (Å²) >= 11 is 5.89. The van der Waals surface area contributed by atoms with E-state index >= 15 is 0 Å². The van der Waals surface area contributed by atoms with Gasteiger partial charge in [0.15, 0.2) is 0 Å². The number of carbonyl (C=O) groups is 2. The first kappa shape index (κ1) is 16.4. The number of nitrogens with two attached hydrogens (primary N) is 1. The molecule has 4 nitrogen and oxygen atoms in total. The quantitative estimate of drug-likeness (QED) is 0.838. The standard InChI is InChI=1S/C14H18ClFN2O2/c1-2-3-7-18(9-13(17)19)14(20)8-10-11(15)5-4-6-12(10)16/h4-6H,2-3,7-9H2,1H3,(H2,17,19). The normalized spacial score (nSPS) is 10.3. The molecule has 0 fully saturated rings. The number of benzene rings is 1. The Morgan fingerprint density at radius 2 is 2.10 bits per heavy atom. The zero-order chi connectivity index (χ0) is 15.1. The summed E-state index contributed by atoms with van der Waals surface area (Å²) in [4.78, 5) is 24.5. The third-order valence-electron chi connectivity index (χ3n) is 2.87. The van der Waals surface area contributed by atoms with E-state index in [9.17, 15) is 14.0 Å². The summed E-state index contributed by atoms with van der Waals surface area (Å²) in [5.41, 5.74) is 5.27. The third-order valence-corrected chi connectivity index (χ3v) is 3.22. The number of hydrogen-bond donors (Lipinski definition) is 1. The van der Waals surface area contributed by atoms with Crippen molar-refractivity contribution < 1.29 is 14.0 Å². The van der Waals surface area contributed by atoms with E-state index in [2.05, 4.69) is 0 Å². The van der Waals surface area contributed by atoms with Gasteiger partial charge in [0, 0.05) is 17.1 Å². The minimum absolute atomic E-state index is 0.144. The molecule has 2 amide bonds. The van der Waals surface area contributed by atoms with Crippen molar-refractivity contribution in [1.82, 2.24) is 4.90 Å². The molecule has 0 aromatic heterocycles. The van der Waals surface area contributed by atoms with Crippen molar-refractivity contribution in [2.75, 3.05) is 13.1 Å². The fraction of sp³-hybridized carbons (Fsp3) is 0.429. The highest BCUT2D eigenvalue weighted by atomic mass is 35.5. The summed E-state index contributed by atoms with van der Waals surface area (Å²) in [6.45, 7) is 2.23. The van der Waals surface area contributed by atoms with Gasteiger partial charge in [-0.25, -0.2) is 4.39 Å².